The minimum absolute atomic E-state index is 0.254. The van der Waals surface area contributed by atoms with E-state index in [0.717, 1.165) is 32.4 Å². The van der Waals surface area contributed by atoms with Crippen LogP contribution in [-0.2, 0) is 0 Å². The number of benzene rings is 2. The summed E-state index contributed by atoms with van der Waals surface area (Å²) in [6.07, 6.45) is 7.01. The second kappa shape index (κ2) is 11.2. The van der Waals surface area contributed by atoms with Crippen molar-refractivity contribution in [3.05, 3.63) is 53.2 Å². The standard InChI is InChI=1S/C28H30ClN5O3/c1-34-11-7-18(8-12-34)9-13-36-27-16-25-22(14-19(27)17-30)26(6-10-31-25)37-21-4-5-24(23(29)15-21)33-28(35)32-20-2-3-20/h4-6,10,14-16,18,20H,2-3,7-9,11-13H2,1H3,(H2,32,33,35). The van der Waals surface area contributed by atoms with Crippen LogP contribution < -0.4 is 20.1 Å². The van der Waals surface area contributed by atoms with Gasteiger partial charge in [-0.2, -0.15) is 5.26 Å². The molecule has 1 aliphatic carbocycles. The highest BCUT2D eigenvalue weighted by atomic mass is 35.5. The number of piperidine rings is 1. The fraction of sp³-hybridized carbons (Fsp3) is 0.393. The van der Waals surface area contributed by atoms with Crippen LogP contribution in [0.5, 0.6) is 17.2 Å². The van der Waals surface area contributed by atoms with E-state index in [2.05, 4.69) is 33.6 Å². The Kier molecular flexibility index (Phi) is 7.63. The molecular formula is C28H30ClN5O3. The first-order chi connectivity index (χ1) is 18.0. The molecule has 1 saturated heterocycles. The Bertz CT molecular complexity index is 1330. The zero-order valence-electron chi connectivity index (χ0n) is 20.8. The average Bonchev–Trinajstić information content (AvgIpc) is 3.70. The van der Waals surface area contributed by atoms with E-state index >= 15 is 0 Å². The number of carbonyl (C=O) groups excluding carboxylic acids is 1. The van der Waals surface area contributed by atoms with E-state index in [-0.39, 0.29) is 12.1 Å². The predicted octanol–water partition coefficient (Wildman–Crippen LogP) is 5.95. The first-order valence-corrected chi connectivity index (χ1v) is 13.1. The highest BCUT2D eigenvalue weighted by molar-refractivity contribution is 6.33. The molecule has 1 saturated carbocycles. The number of pyridine rings is 1. The second-order valence-corrected chi connectivity index (χ2v) is 10.2. The Morgan fingerprint density at radius 2 is 1.97 bits per heavy atom. The van der Waals surface area contributed by atoms with Crippen molar-refractivity contribution in [3.8, 4) is 23.3 Å². The van der Waals surface area contributed by atoms with Crippen molar-refractivity contribution in [1.29, 1.82) is 5.26 Å². The van der Waals surface area contributed by atoms with Crippen molar-refractivity contribution >= 4 is 34.2 Å². The molecular weight excluding hydrogens is 490 g/mol. The number of likely N-dealkylation sites (tertiary alicyclic amines) is 1. The first kappa shape index (κ1) is 25.1. The van der Waals surface area contributed by atoms with Crippen LogP contribution in [-0.4, -0.2) is 48.7 Å². The van der Waals surface area contributed by atoms with Gasteiger partial charge in [-0.05, 0) is 82.4 Å². The summed E-state index contributed by atoms with van der Waals surface area (Å²) in [7, 11) is 2.16. The molecule has 2 amide bonds. The molecule has 0 spiro atoms. The molecule has 1 aliphatic heterocycles. The van der Waals surface area contributed by atoms with Crippen LogP contribution in [0.25, 0.3) is 10.9 Å². The Morgan fingerprint density at radius 3 is 2.70 bits per heavy atom. The van der Waals surface area contributed by atoms with Gasteiger partial charge < -0.3 is 25.0 Å². The van der Waals surface area contributed by atoms with Gasteiger partial charge in [0.1, 0.15) is 23.3 Å². The molecule has 2 N–H and O–H groups in total. The lowest BCUT2D eigenvalue weighted by Crippen LogP contribution is -2.30. The fourth-order valence-corrected chi connectivity index (χ4v) is 4.71. The van der Waals surface area contributed by atoms with Crippen LogP contribution in [0.4, 0.5) is 10.5 Å². The molecule has 0 bridgehead atoms. The molecule has 8 nitrogen and oxygen atoms in total. The molecule has 2 aromatic carbocycles. The minimum Gasteiger partial charge on any atom is -0.492 e. The summed E-state index contributed by atoms with van der Waals surface area (Å²) in [4.78, 5) is 18.8. The molecule has 5 rings (SSSR count). The number of halogens is 1. The molecule has 37 heavy (non-hydrogen) atoms. The molecule has 0 atom stereocenters. The maximum atomic E-state index is 12.0. The number of ether oxygens (including phenoxy) is 2. The van der Waals surface area contributed by atoms with Crippen LogP contribution in [0.15, 0.2) is 42.6 Å². The number of fused-ring (bicyclic) bond motifs is 1. The highest BCUT2D eigenvalue weighted by Gasteiger charge is 2.23. The summed E-state index contributed by atoms with van der Waals surface area (Å²) in [6.45, 7) is 2.82. The first-order valence-electron chi connectivity index (χ1n) is 12.7. The van der Waals surface area contributed by atoms with E-state index in [1.165, 1.54) is 12.8 Å². The van der Waals surface area contributed by atoms with Gasteiger partial charge in [0.2, 0.25) is 0 Å². The zero-order chi connectivity index (χ0) is 25.8. The van der Waals surface area contributed by atoms with E-state index in [4.69, 9.17) is 21.1 Å². The molecule has 192 valence electrons. The third-order valence-corrected chi connectivity index (χ3v) is 7.19. The van der Waals surface area contributed by atoms with E-state index in [1.807, 2.05) is 0 Å². The van der Waals surface area contributed by atoms with Gasteiger partial charge in [-0.1, -0.05) is 11.6 Å². The predicted molar refractivity (Wildman–Crippen MR) is 143 cm³/mol. The number of hydrogen-bond acceptors (Lipinski definition) is 6. The van der Waals surface area contributed by atoms with Crippen LogP contribution in [0, 0.1) is 17.2 Å². The quantitative estimate of drug-likeness (QED) is 0.381. The number of carbonyl (C=O) groups is 1. The second-order valence-electron chi connectivity index (χ2n) is 9.79. The van der Waals surface area contributed by atoms with Gasteiger partial charge in [-0.3, -0.25) is 4.98 Å². The van der Waals surface area contributed by atoms with Gasteiger partial charge >= 0.3 is 6.03 Å². The van der Waals surface area contributed by atoms with Gasteiger partial charge in [0.05, 0.1) is 28.4 Å². The number of hydrogen-bond donors (Lipinski definition) is 2. The SMILES string of the molecule is CN1CCC(CCOc2cc3nccc(Oc4ccc(NC(=O)NC5CC5)c(Cl)c4)c3cc2C#N)CC1. The van der Waals surface area contributed by atoms with Crippen molar-refractivity contribution in [2.45, 2.75) is 38.1 Å². The molecule has 3 aromatic rings. The third kappa shape index (κ3) is 6.43. The monoisotopic (exact) mass is 519 g/mol. The number of amides is 2. The maximum Gasteiger partial charge on any atom is 0.319 e. The lowest BCUT2D eigenvalue weighted by atomic mass is 9.94. The van der Waals surface area contributed by atoms with E-state index in [1.54, 1.807) is 42.6 Å². The van der Waals surface area contributed by atoms with Crippen molar-refractivity contribution in [2.75, 3.05) is 32.1 Å². The van der Waals surface area contributed by atoms with Crippen molar-refractivity contribution < 1.29 is 14.3 Å². The zero-order valence-corrected chi connectivity index (χ0v) is 21.6. The number of urea groups is 1. The molecule has 0 radical (unpaired) electrons. The van der Waals surface area contributed by atoms with Gasteiger partial charge in [0, 0.05) is 29.8 Å². The average molecular weight is 520 g/mol. The Balaban J connectivity index is 1.28. The molecule has 1 aromatic heterocycles. The minimum atomic E-state index is -0.272. The largest absolute Gasteiger partial charge is 0.492 e. The normalized spacial score (nSPS) is 16.2. The smallest absolute Gasteiger partial charge is 0.319 e. The van der Waals surface area contributed by atoms with Gasteiger partial charge in [0.15, 0.2) is 0 Å². The summed E-state index contributed by atoms with van der Waals surface area (Å²) in [5.41, 5.74) is 1.61. The molecule has 9 heteroatoms. The van der Waals surface area contributed by atoms with Crippen molar-refractivity contribution in [2.24, 2.45) is 5.92 Å². The number of aromatic nitrogens is 1. The summed E-state index contributed by atoms with van der Waals surface area (Å²) >= 11 is 6.39. The number of anilines is 1. The van der Waals surface area contributed by atoms with Gasteiger partial charge in [0.25, 0.3) is 0 Å². The Morgan fingerprint density at radius 1 is 1.16 bits per heavy atom. The summed E-state index contributed by atoms with van der Waals surface area (Å²) in [5.74, 6) is 2.24. The lowest BCUT2D eigenvalue weighted by molar-refractivity contribution is 0.187. The van der Waals surface area contributed by atoms with E-state index in [9.17, 15) is 10.1 Å². The lowest BCUT2D eigenvalue weighted by Gasteiger charge is -2.28. The summed E-state index contributed by atoms with van der Waals surface area (Å²) < 4.78 is 12.1. The molecule has 0 unspecified atom stereocenters. The molecule has 2 heterocycles. The highest BCUT2D eigenvalue weighted by Crippen LogP contribution is 2.35. The summed E-state index contributed by atoms with van der Waals surface area (Å²) in [6, 6.07) is 12.6. The number of rotatable bonds is 8. The van der Waals surface area contributed by atoms with Crippen molar-refractivity contribution in [1.82, 2.24) is 15.2 Å². The summed E-state index contributed by atoms with van der Waals surface area (Å²) in [5, 5.41) is 16.5. The number of nitrogens with zero attached hydrogens (tertiary/aromatic N) is 3. The molecule has 2 aliphatic rings. The van der Waals surface area contributed by atoms with E-state index < -0.39 is 0 Å². The van der Waals surface area contributed by atoms with Crippen molar-refractivity contribution in [3.63, 3.8) is 0 Å². The number of nitrogens with one attached hydrogen (secondary N) is 2. The van der Waals surface area contributed by atoms with Gasteiger partial charge in [-0.15, -0.1) is 0 Å². The van der Waals surface area contributed by atoms with E-state index in [0.29, 0.717) is 56.9 Å². The Labute approximate surface area is 221 Å². The molecule has 2 fully saturated rings. The van der Waals surface area contributed by atoms with Crippen LogP contribution in [0.1, 0.15) is 37.7 Å². The van der Waals surface area contributed by atoms with Gasteiger partial charge in [-0.25, -0.2) is 4.79 Å². The fourth-order valence-electron chi connectivity index (χ4n) is 4.49. The number of nitriles is 1. The van der Waals surface area contributed by atoms with Crippen LogP contribution in [0.3, 0.4) is 0 Å². The van der Waals surface area contributed by atoms with Crippen LogP contribution >= 0.6 is 11.6 Å². The topological polar surface area (TPSA) is 99.5 Å². The Hall–Kier alpha value is -3.54. The third-order valence-electron chi connectivity index (χ3n) is 6.87. The maximum absolute atomic E-state index is 12.0. The van der Waals surface area contributed by atoms with Crippen LogP contribution in [0.2, 0.25) is 5.02 Å².